The van der Waals surface area contributed by atoms with Crippen molar-refractivity contribution in [3.63, 3.8) is 0 Å². The third kappa shape index (κ3) is 4.24. The Labute approximate surface area is 160 Å². The Hall–Kier alpha value is -2.56. The third-order valence-electron chi connectivity index (χ3n) is 5.55. The molecule has 2 aromatic rings. The first-order chi connectivity index (χ1) is 13.2. The number of carbonyl (C=O) groups is 1. The summed E-state index contributed by atoms with van der Waals surface area (Å²) in [4.78, 5) is 16.1. The Morgan fingerprint density at radius 2 is 2.19 bits per heavy atom. The Morgan fingerprint density at radius 1 is 1.30 bits per heavy atom. The molecule has 5 heteroatoms. The lowest BCUT2D eigenvalue weighted by atomic mass is 9.91. The summed E-state index contributed by atoms with van der Waals surface area (Å²) in [5, 5.41) is 3.38. The molecule has 1 fully saturated rings. The number of hydrogen-bond donors (Lipinski definition) is 1. The van der Waals surface area contributed by atoms with Crippen molar-refractivity contribution in [3.05, 3.63) is 53.3 Å². The van der Waals surface area contributed by atoms with E-state index in [9.17, 15) is 4.79 Å². The number of fused-ring (bicyclic) bond motifs is 1. The molecule has 0 radical (unpaired) electrons. The second kappa shape index (κ2) is 7.99. The van der Waals surface area contributed by atoms with Crippen LogP contribution in [-0.4, -0.2) is 31.2 Å². The molecule has 5 nitrogen and oxygen atoms in total. The number of ether oxygens (including phenoxy) is 2. The van der Waals surface area contributed by atoms with Gasteiger partial charge in [-0.15, -0.1) is 0 Å². The van der Waals surface area contributed by atoms with Crippen molar-refractivity contribution in [1.29, 1.82) is 0 Å². The van der Waals surface area contributed by atoms with Crippen molar-refractivity contribution in [3.8, 4) is 5.75 Å². The average Bonchev–Trinajstić information content (AvgIpc) is 3.54. The zero-order valence-corrected chi connectivity index (χ0v) is 15.7. The number of hydrogen-bond acceptors (Lipinski definition) is 5. The van der Waals surface area contributed by atoms with Crippen LogP contribution in [0, 0.1) is 5.92 Å². The molecule has 142 valence electrons. The Kier molecular flexibility index (Phi) is 5.28. The van der Waals surface area contributed by atoms with E-state index < -0.39 is 0 Å². The molecule has 1 N–H and O–H groups in total. The quantitative estimate of drug-likeness (QED) is 0.745. The van der Waals surface area contributed by atoms with Gasteiger partial charge in [-0.05, 0) is 48.4 Å². The van der Waals surface area contributed by atoms with Crippen molar-refractivity contribution in [1.82, 2.24) is 4.98 Å². The van der Waals surface area contributed by atoms with Gasteiger partial charge in [0.2, 0.25) is 0 Å². The molecule has 1 unspecified atom stereocenters. The number of aromatic nitrogens is 1. The fraction of sp³-hybridized carbons (Fsp3) is 0.455. The number of anilines is 1. The minimum Gasteiger partial charge on any atom is -0.493 e. The van der Waals surface area contributed by atoms with Crippen molar-refractivity contribution >= 4 is 11.7 Å². The highest BCUT2D eigenvalue weighted by Crippen LogP contribution is 2.37. The number of pyridine rings is 1. The molecule has 1 aliphatic carbocycles. The highest BCUT2D eigenvalue weighted by atomic mass is 16.5. The summed E-state index contributed by atoms with van der Waals surface area (Å²) in [6, 6.07) is 8.35. The molecule has 1 aromatic heterocycles. The zero-order valence-electron chi connectivity index (χ0n) is 15.7. The van der Waals surface area contributed by atoms with Gasteiger partial charge in [0.15, 0.2) is 0 Å². The van der Waals surface area contributed by atoms with Gasteiger partial charge in [0.05, 0.1) is 31.2 Å². The van der Waals surface area contributed by atoms with E-state index in [0.29, 0.717) is 17.2 Å². The molecule has 0 bridgehead atoms. The first kappa shape index (κ1) is 17.8. The van der Waals surface area contributed by atoms with Crippen molar-refractivity contribution in [2.45, 2.75) is 38.0 Å². The van der Waals surface area contributed by atoms with Gasteiger partial charge in [-0.1, -0.05) is 25.0 Å². The van der Waals surface area contributed by atoms with Gasteiger partial charge < -0.3 is 14.8 Å². The summed E-state index contributed by atoms with van der Waals surface area (Å²) in [5.41, 5.74) is 3.83. The van der Waals surface area contributed by atoms with Crippen LogP contribution < -0.4 is 10.1 Å². The maximum Gasteiger partial charge on any atom is 0.340 e. The highest BCUT2D eigenvalue weighted by Gasteiger charge is 2.24. The van der Waals surface area contributed by atoms with E-state index in [1.807, 2.05) is 0 Å². The van der Waals surface area contributed by atoms with Crippen molar-refractivity contribution in [2.75, 3.05) is 25.6 Å². The lowest BCUT2D eigenvalue weighted by Crippen LogP contribution is -2.22. The van der Waals surface area contributed by atoms with Gasteiger partial charge in [-0.25, -0.2) is 4.79 Å². The fourth-order valence-corrected chi connectivity index (χ4v) is 3.71. The lowest BCUT2D eigenvalue weighted by molar-refractivity contribution is 0.0601. The average molecular weight is 366 g/mol. The van der Waals surface area contributed by atoms with Crippen LogP contribution in [0.4, 0.5) is 5.69 Å². The second-order valence-corrected chi connectivity index (χ2v) is 7.48. The molecule has 0 saturated heterocycles. The van der Waals surface area contributed by atoms with E-state index in [0.717, 1.165) is 37.7 Å². The topological polar surface area (TPSA) is 60.5 Å². The number of esters is 1. The number of methoxy groups -OCH3 is 1. The molecule has 1 aliphatic heterocycles. The maximum absolute atomic E-state index is 11.9. The largest absolute Gasteiger partial charge is 0.493 e. The maximum atomic E-state index is 11.9. The number of nitrogens with zero attached hydrogens (tertiary/aromatic N) is 1. The molecule has 4 rings (SSSR count). The van der Waals surface area contributed by atoms with Crippen LogP contribution in [0.5, 0.6) is 5.75 Å². The standard InChI is InChI=1S/C22H26N2O3/c1-26-22(25)19-8-10-23-14-20(19)24-13-17-9-11-27-21-12-16(6-7-18(17)21)5-4-15-2-3-15/h6-8,10,12,14-15,17,24H,2-5,9,11,13H2,1H3. The van der Waals surface area contributed by atoms with Gasteiger partial charge in [0, 0.05) is 18.7 Å². The third-order valence-corrected chi connectivity index (χ3v) is 5.55. The van der Waals surface area contributed by atoms with E-state index in [1.165, 1.54) is 37.5 Å². The van der Waals surface area contributed by atoms with Crippen LogP contribution in [0.15, 0.2) is 36.7 Å². The van der Waals surface area contributed by atoms with E-state index in [4.69, 9.17) is 9.47 Å². The van der Waals surface area contributed by atoms with Crippen molar-refractivity contribution < 1.29 is 14.3 Å². The van der Waals surface area contributed by atoms with E-state index in [2.05, 4.69) is 28.5 Å². The lowest BCUT2D eigenvalue weighted by Gasteiger charge is -2.27. The zero-order chi connectivity index (χ0) is 18.6. The van der Waals surface area contributed by atoms with Crippen LogP contribution in [0.25, 0.3) is 0 Å². The van der Waals surface area contributed by atoms with Gasteiger partial charge in [-0.2, -0.15) is 0 Å². The monoisotopic (exact) mass is 366 g/mol. The van der Waals surface area contributed by atoms with Gasteiger partial charge in [-0.3, -0.25) is 4.98 Å². The molecule has 0 spiro atoms. The number of rotatable bonds is 7. The van der Waals surface area contributed by atoms with Gasteiger partial charge in [0.1, 0.15) is 5.75 Å². The molecule has 2 aliphatic rings. The summed E-state index contributed by atoms with van der Waals surface area (Å²) in [7, 11) is 1.39. The summed E-state index contributed by atoms with van der Waals surface area (Å²) in [5.74, 6) is 1.95. The van der Waals surface area contributed by atoms with Crippen LogP contribution in [0.3, 0.4) is 0 Å². The predicted octanol–water partition coefficient (Wildman–Crippen LogP) is 4.19. The Balaban J connectivity index is 1.44. The molecule has 0 amide bonds. The van der Waals surface area contributed by atoms with Crippen LogP contribution in [0.2, 0.25) is 0 Å². The summed E-state index contributed by atoms with van der Waals surface area (Å²) >= 11 is 0. The summed E-state index contributed by atoms with van der Waals surface area (Å²) in [6.07, 6.45) is 9.46. The highest BCUT2D eigenvalue weighted by molar-refractivity contribution is 5.95. The van der Waals surface area contributed by atoms with E-state index >= 15 is 0 Å². The minimum atomic E-state index is -0.354. The molecule has 27 heavy (non-hydrogen) atoms. The Bertz CT molecular complexity index is 817. The fourth-order valence-electron chi connectivity index (χ4n) is 3.71. The SMILES string of the molecule is COC(=O)c1ccncc1NCC1CCOc2cc(CCC3CC3)ccc21. The van der Waals surface area contributed by atoms with E-state index in [-0.39, 0.29) is 5.97 Å². The smallest absolute Gasteiger partial charge is 0.340 e. The van der Waals surface area contributed by atoms with Gasteiger partial charge >= 0.3 is 5.97 Å². The molecule has 1 aromatic carbocycles. The van der Waals surface area contributed by atoms with Crippen molar-refractivity contribution in [2.24, 2.45) is 5.92 Å². The summed E-state index contributed by atoms with van der Waals surface area (Å²) in [6.45, 7) is 1.45. The van der Waals surface area contributed by atoms with Crippen LogP contribution >= 0.6 is 0 Å². The minimum absolute atomic E-state index is 0.344. The van der Waals surface area contributed by atoms with Crippen LogP contribution in [0.1, 0.15) is 53.1 Å². The first-order valence-corrected chi connectivity index (χ1v) is 9.76. The summed E-state index contributed by atoms with van der Waals surface area (Å²) < 4.78 is 10.8. The van der Waals surface area contributed by atoms with E-state index in [1.54, 1.807) is 18.5 Å². The molecule has 2 heterocycles. The number of nitrogens with one attached hydrogen (secondary N) is 1. The first-order valence-electron chi connectivity index (χ1n) is 9.76. The van der Waals surface area contributed by atoms with Crippen LogP contribution in [-0.2, 0) is 11.2 Å². The molecule has 1 saturated carbocycles. The molecular formula is C22H26N2O3. The number of aryl methyl sites for hydroxylation is 1. The second-order valence-electron chi connectivity index (χ2n) is 7.48. The molecular weight excluding hydrogens is 340 g/mol. The normalized spacial score (nSPS) is 18.3. The predicted molar refractivity (Wildman–Crippen MR) is 104 cm³/mol. The molecule has 1 atom stereocenters. The number of carbonyl (C=O) groups excluding carboxylic acids is 1. The Morgan fingerprint density at radius 3 is 3.00 bits per heavy atom. The van der Waals surface area contributed by atoms with Gasteiger partial charge in [0.25, 0.3) is 0 Å². The number of benzene rings is 1.